The highest BCUT2D eigenvalue weighted by atomic mass is 32.2. The molecule has 3 N–H and O–H groups in total. The molecule has 6 heteroatoms. The molecule has 106 valence electrons. The molecule has 0 bridgehead atoms. The molecule has 0 heterocycles. The predicted molar refractivity (Wildman–Crippen MR) is 80.5 cm³/mol. The van der Waals surface area contributed by atoms with Crippen molar-refractivity contribution in [1.29, 1.82) is 0 Å². The minimum absolute atomic E-state index is 0.135. The van der Waals surface area contributed by atoms with Gasteiger partial charge in [0.05, 0.1) is 12.2 Å². The summed E-state index contributed by atoms with van der Waals surface area (Å²) in [5, 5.41) is 12.1. The summed E-state index contributed by atoms with van der Waals surface area (Å²) in [6, 6.07) is 5.92. The van der Waals surface area contributed by atoms with Gasteiger partial charge in [-0.2, -0.15) is 0 Å². The lowest BCUT2D eigenvalue weighted by molar-refractivity contribution is 0.206. The fourth-order valence-corrected chi connectivity index (χ4v) is 2.61. The zero-order valence-electron chi connectivity index (χ0n) is 11.6. The Hall–Kier alpha value is -1.40. The van der Waals surface area contributed by atoms with E-state index in [0.29, 0.717) is 6.61 Å². The minimum Gasteiger partial charge on any atom is -0.409 e. The summed E-state index contributed by atoms with van der Waals surface area (Å²) in [6.45, 7) is 3.43. The third-order valence-corrected chi connectivity index (χ3v) is 3.65. The Labute approximate surface area is 118 Å². The number of anilines is 1. The molecule has 0 fully saturated rings. The molecule has 1 rings (SSSR count). The number of hydrogen-bond donors (Lipinski definition) is 2. The summed E-state index contributed by atoms with van der Waals surface area (Å²) in [4.78, 5) is 3.05. The fourth-order valence-electron chi connectivity index (χ4n) is 1.77. The van der Waals surface area contributed by atoms with E-state index in [4.69, 9.17) is 15.7 Å². The van der Waals surface area contributed by atoms with Crippen molar-refractivity contribution < 1.29 is 9.94 Å². The lowest BCUT2D eigenvalue weighted by Gasteiger charge is -2.23. The summed E-state index contributed by atoms with van der Waals surface area (Å²) in [5.74, 6) is 1.06. The van der Waals surface area contributed by atoms with Crippen LogP contribution in [0.2, 0.25) is 0 Å². The third kappa shape index (κ3) is 4.04. The Kier molecular flexibility index (Phi) is 6.52. The lowest BCUT2D eigenvalue weighted by Crippen LogP contribution is -2.26. The van der Waals surface area contributed by atoms with Crippen LogP contribution in [0.3, 0.4) is 0 Å². The topological polar surface area (TPSA) is 71.1 Å². The highest BCUT2D eigenvalue weighted by Crippen LogP contribution is 2.30. The number of methoxy groups -OCH3 is 1. The average Bonchev–Trinajstić information content (AvgIpc) is 2.44. The van der Waals surface area contributed by atoms with Crippen LogP contribution in [-0.4, -0.2) is 44.1 Å². The number of likely N-dealkylation sites (N-methyl/N-ethyl adjacent to an activating group) is 1. The van der Waals surface area contributed by atoms with Crippen LogP contribution in [0.1, 0.15) is 12.5 Å². The first-order valence-corrected chi connectivity index (χ1v) is 7.08. The minimum atomic E-state index is 0.135. The van der Waals surface area contributed by atoms with Crippen LogP contribution in [0, 0.1) is 0 Å². The maximum atomic E-state index is 8.97. The average molecular weight is 283 g/mol. The fraction of sp³-hybridized carbons (Fsp3) is 0.462. The van der Waals surface area contributed by atoms with Gasteiger partial charge in [0.2, 0.25) is 0 Å². The van der Waals surface area contributed by atoms with Crippen molar-refractivity contribution in [3.8, 4) is 0 Å². The summed E-state index contributed by atoms with van der Waals surface area (Å²) in [5.41, 5.74) is 7.53. The normalized spacial score (nSPS) is 11.6. The first-order valence-electron chi connectivity index (χ1n) is 6.09. The second kappa shape index (κ2) is 7.91. The monoisotopic (exact) mass is 283 g/mol. The van der Waals surface area contributed by atoms with Gasteiger partial charge in [0.25, 0.3) is 0 Å². The van der Waals surface area contributed by atoms with E-state index in [9.17, 15) is 0 Å². The summed E-state index contributed by atoms with van der Waals surface area (Å²) in [6.07, 6.45) is 0. The van der Waals surface area contributed by atoms with Crippen molar-refractivity contribution in [2.24, 2.45) is 10.9 Å². The Morgan fingerprint density at radius 3 is 2.84 bits per heavy atom. The summed E-state index contributed by atoms with van der Waals surface area (Å²) >= 11 is 1.67. The van der Waals surface area contributed by atoms with E-state index < -0.39 is 0 Å². The van der Waals surface area contributed by atoms with Gasteiger partial charge in [-0.05, 0) is 17.9 Å². The van der Waals surface area contributed by atoms with Gasteiger partial charge < -0.3 is 20.6 Å². The number of oxime groups is 1. The Balaban J connectivity index is 3.18. The SMILES string of the molecule is CCSc1cccc(N(C)CCOC)c1/C(N)=N/O. The van der Waals surface area contributed by atoms with Crippen molar-refractivity contribution in [3.63, 3.8) is 0 Å². The van der Waals surface area contributed by atoms with Crippen LogP contribution in [0.5, 0.6) is 0 Å². The van der Waals surface area contributed by atoms with Crippen molar-refractivity contribution in [2.45, 2.75) is 11.8 Å². The van der Waals surface area contributed by atoms with E-state index in [1.54, 1.807) is 18.9 Å². The Morgan fingerprint density at radius 2 is 2.26 bits per heavy atom. The molecule has 0 aliphatic rings. The number of nitrogens with zero attached hydrogens (tertiary/aromatic N) is 2. The van der Waals surface area contributed by atoms with Gasteiger partial charge in [0.15, 0.2) is 5.84 Å². The predicted octanol–water partition coefficient (Wildman–Crippen LogP) is 1.98. The van der Waals surface area contributed by atoms with E-state index in [-0.39, 0.29) is 5.84 Å². The van der Waals surface area contributed by atoms with Crippen LogP contribution < -0.4 is 10.6 Å². The van der Waals surface area contributed by atoms with Crippen LogP contribution in [0.4, 0.5) is 5.69 Å². The molecule has 0 atom stereocenters. The zero-order chi connectivity index (χ0) is 14.3. The zero-order valence-corrected chi connectivity index (χ0v) is 12.4. The maximum Gasteiger partial charge on any atom is 0.173 e. The number of amidine groups is 1. The molecule has 0 aliphatic carbocycles. The van der Waals surface area contributed by atoms with Gasteiger partial charge in [0.1, 0.15) is 0 Å². The molecule has 0 saturated carbocycles. The molecule has 1 aromatic rings. The number of nitrogens with two attached hydrogens (primary N) is 1. The van der Waals surface area contributed by atoms with Crippen LogP contribution in [0.25, 0.3) is 0 Å². The van der Waals surface area contributed by atoms with Crippen LogP contribution in [0.15, 0.2) is 28.3 Å². The van der Waals surface area contributed by atoms with Crippen molar-refractivity contribution in [1.82, 2.24) is 0 Å². The molecule has 19 heavy (non-hydrogen) atoms. The molecule has 0 amide bonds. The van der Waals surface area contributed by atoms with E-state index in [0.717, 1.165) is 28.4 Å². The Bertz CT molecular complexity index is 438. The molecule has 0 aliphatic heterocycles. The molecule has 0 spiro atoms. The molecule has 0 saturated heterocycles. The van der Waals surface area contributed by atoms with Crippen molar-refractivity contribution >= 4 is 23.3 Å². The maximum absolute atomic E-state index is 8.97. The van der Waals surface area contributed by atoms with Gasteiger partial charge in [-0.25, -0.2) is 0 Å². The highest BCUT2D eigenvalue weighted by Gasteiger charge is 2.15. The van der Waals surface area contributed by atoms with Crippen molar-refractivity contribution in [3.05, 3.63) is 23.8 Å². The molecule has 0 aromatic heterocycles. The molecule has 0 unspecified atom stereocenters. The quantitative estimate of drug-likeness (QED) is 0.263. The number of rotatable bonds is 7. The van der Waals surface area contributed by atoms with Crippen molar-refractivity contribution in [2.75, 3.05) is 38.0 Å². The van der Waals surface area contributed by atoms with Gasteiger partial charge in [-0.15, -0.1) is 11.8 Å². The highest BCUT2D eigenvalue weighted by molar-refractivity contribution is 7.99. The summed E-state index contributed by atoms with van der Waals surface area (Å²) < 4.78 is 5.08. The van der Waals surface area contributed by atoms with Crippen LogP contribution >= 0.6 is 11.8 Å². The number of thioether (sulfide) groups is 1. The van der Waals surface area contributed by atoms with Gasteiger partial charge in [-0.1, -0.05) is 18.1 Å². The second-order valence-corrected chi connectivity index (χ2v) is 5.29. The van der Waals surface area contributed by atoms with E-state index in [2.05, 4.69) is 12.1 Å². The van der Waals surface area contributed by atoms with E-state index >= 15 is 0 Å². The molecule has 1 aromatic carbocycles. The first kappa shape index (κ1) is 15.7. The van der Waals surface area contributed by atoms with Gasteiger partial charge >= 0.3 is 0 Å². The standard InChI is InChI=1S/C13H21N3O2S/c1-4-19-11-7-5-6-10(12(11)13(14)15-17)16(2)8-9-18-3/h5-7,17H,4,8-9H2,1-3H3,(H2,14,15). The molecular weight excluding hydrogens is 262 g/mol. The smallest absolute Gasteiger partial charge is 0.173 e. The van der Waals surface area contributed by atoms with E-state index in [1.165, 1.54) is 0 Å². The van der Waals surface area contributed by atoms with E-state index in [1.807, 2.05) is 30.1 Å². The summed E-state index contributed by atoms with van der Waals surface area (Å²) in [7, 11) is 3.63. The van der Waals surface area contributed by atoms with Gasteiger partial charge in [-0.3, -0.25) is 0 Å². The second-order valence-electron chi connectivity index (χ2n) is 3.98. The molecule has 0 radical (unpaired) electrons. The molecule has 5 nitrogen and oxygen atoms in total. The molecular formula is C13H21N3O2S. The number of benzene rings is 1. The number of ether oxygens (including phenoxy) is 1. The third-order valence-electron chi connectivity index (χ3n) is 2.71. The van der Waals surface area contributed by atoms with Crippen LogP contribution in [-0.2, 0) is 4.74 Å². The Morgan fingerprint density at radius 1 is 1.53 bits per heavy atom. The largest absolute Gasteiger partial charge is 0.409 e. The number of hydrogen-bond acceptors (Lipinski definition) is 5. The van der Waals surface area contributed by atoms with Gasteiger partial charge in [0, 0.05) is 31.3 Å². The first-order chi connectivity index (χ1) is 9.15. The lowest BCUT2D eigenvalue weighted by atomic mass is 10.1.